The molecule has 2 rings (SSSR count). The Kier molecular flexibility index (Phi) is 4.36. The number of thioether (sulfide) groups is 1. The summed E-state index contributed by atoms with van der Waals surface area (Å²) in [6.07, 6.45) is 0.228. The Bertz CT molecular complexity index is 383. The van der Waals surface area contributed by atoms with E-state index in [4.69, 9.17) is 10.5 Å². The van der Waals surface area contributed by atoms with Gasteiger partial charge in [0.05, 0.1) is 12.7 Å². The first-order valence-electron chi connectivity index (χ1n) is 5.55. The van der Waals surface area contributed by atoms with Crippen LogP contribution in [0.1, 0.15) is 5.56 Å². The zero-order valence-corrected chi connectivity index (χ0v) is 10.2. The average molecular weight is 259 g/mol. The summed E-state index contributed by atoms with van der Waals surface area (Å²) in [4.78, 5) is 0. The van der Waals surface area contributed by atoms with Crippen LogP contribution >= 0.6 is 11.8 Å². The summed E-state index contributed by atoms with van der Waals surface area (Å²) in [6, 6.07) is 3.15. The fourth-order valence-corrected chi connectivity index (χ4v) is 2.79. The zero-order valence-electron chi connectivity index (χ0n) is 9.36. The van der Waals surface area contributed by atoms with E-state index in [0.29, 0.717) is 18.6 Å². The van der Waals surface area contributed by atoms with Crippen molar-refractivity contribution in [2.24, 2.45) is 5.73 Å². The zero-order chi connectivity index (χ0) is 12.3. The third kappa shape index (κ3) is 3.40. The number of rotatable bonds is 3. The maximum atomic E-state index is 13.4. The first-order chi connectivity index (χ1) is 8.16. The van der Waals surface area contributed by atoms with Gasteiger partial charge in [0.1, 0.15) is 11.6 Å². The van der Waals surface area contributed by atoms with Crippen molar-refractivity contribution in [2.75, 3.05) is 18.1 Å². The van der Waals surface area contributed by atoms with Crippen molar-refractivity contribution < 1.29 is 13.5 Å². The summed E-state index contributed by atoms with van der Waals surface area (Å²) < 4.78 is 31.9. The van der Waals surface area contributed by atoms with Gasteiger partial charge < -0.3 is 10.5 Å². The summed E-state index contributed by atoms with van der Waals surface area (Å²) >= 11 is 1.78. The molecule has 1 saturated heterocycles. The summed E-state index contributed by atoms with van der Waals surface area (Å²) in [5.74, 6) is 0.938. The van der Waals surface area contributed by atoms with Gasteiger partial charge in [0.15, 0.2) is 0 Å². The SMILES string of the molecule is NC(Cc1cc(F)ccc1F)C1CSCCO1. The van der Waals surface area contributed by atoms with Gasteiger partial charge in [0.2, 0.25) is 0 Å². The van der Waals surface area contributed by atoms with Crippen molar-refractivity contribution in [3.63, 3.8) is 0 Å². The van der Waals surface area contributed by atoms with Crippen LogP contribution in [0.25, 0.3) is 0 Å². The third-order valence-corrected chi connectivity index (χ3v) is 3.80. The van der Waals surface area contributed by atoms with Crippen molar-refractivity contribution in [3.05, 3.63) is 35.4 Å². The van der Waals surface area contributed by atoms with Gasteiger partial charge in [-0.25, -0.2) is 8.78 Å². The van der Waals surface area contributed by atoms with E-state index in [9.17, 15) is 8.78 Å². The van der Waals surface area contributed by atoms with E-state index in [-0.39, 0.29) is 12.1 Å². The Labute approximate surface area is 104 Å². The highest BCUT2D eigenvalue weighted by molar-refractivity contribution is 7.99. The molecule has 0 aliphatic carbocycles. The molecule has 0 radical (unpaired) electrons. The number of nitrogens with two attached hydrogens (primary N) is 1. The Balaban J connectivity index is 2.01. The molecule has 5 heteroatoms. The molecule has 94 valence electrons. The second-order valence-corrected chi connectivity index (χ2v) is 5.24. The van der Waals surface area contributed by atoms with Crippen LogP contribution in [-0.2, 0) is 11.2 Å². The van der Waals surface area contributed by atoms with Crippen LogP contribution in [0.2, 0.25) is 0 Å². The number of ether oxygens (including phenoxy) is 1. The quantitative estimate of drug-likeness (QED) is 0.901. The molecule has 2 atom stereocenters. The first-order valence-corrected chi connectivity index (χ1v) is 6.71. The minimum absolute atomic E-state index is 0.0728. The molecule has 2 unspecified atom stereocenters. The Hall–Kier alpha value is -0.650. The van der Waals surface area contributed by atoms with Gasteiger partial charge in [-0.1, -0.05) is 0 Å². The molecule has 1 aromatic rings. The van der Waals surface area contributed by atoms with Crippen LogP contribution in [-0.4, -0.2) is 30.3 Å². The highest BCUT2D eigenvalue weighted by Gasteiger charge is 2.22. The van der Waals surface area contributed by atoms with Crippen LogP contribution in [0.4, 0.5) is 8.78 Å². The molecule has 0 saturated carbocycles. The molecule has 0 aromatic heterocycles. The van der Waals surface area contributed by atoms with Crippen LogP contribution in [0.15, 0.2) is 18.2 Å². The van der Waals surface area contributed by atoms with E-state index in [1.807, 2.05) is 0 Å². The van der Waals surface area contributed by atoms with Gasteiger partial charge in [0.25, 0.3) is 0 Å². The van der Waals surface area contributed by atoms with Crippen molar-refractivity contribution in [2.45, 2.75) is 18.6 Å². The van der Waals surface area contributed by atoms with Crippen molar-refractivity contribution in [1.29, 1.82) is 0 Å². The van der Waals surface area contributed by atoms with Gasteiger partial charge in [-0.3, -0.25) is 0 Å². The predicted molar refractivity (Wildman–Crippen MR) is 65.1 cm³/mol. The lowest BCUT2D eigenvalue weighted by atomic mass is 10.0. The lowest BCUT2D eigenvalue weighted by Crippen LogP contribution is -2.42. The molecule has 1 aliphatic rings. The Morgan fingerprint density at radius 2 is 2.29 bits per heavy atom. The molecular formula is C12H15F2NOS. The molecule has 17 heavy (non-hydrogen) atoms. The molecule has 0 amide bonds. The van der Waals surface area contributed by atoms with Crippen molar-refractivity contribution in [1.82, 2.24) is 0 Å². The minimum atomic E-state index is -0.437. The van der Waals surface area contributed by atoms with Crippen LogP contribution in [0.3, 0.4) is 0 Å². The molecule has 1 fully saturated rings. The second-order valence-electron chi connectivity index (χ2n) is 4.09. The average Bonchev–Trinajstić information content (AvgIpc) is 2.35. The minimum Gasteiger partial charge on any atom is -0.375 e. The van der Waals surface area contributed by atoms with Crippen molar-refractivity contribution >= 4 is 11.8 Å². The Morgan fingerprint density at radius 3 is 3.00 bits per heavy atom. The van der Waals surface area contributed by atoms with E-state index in [1.165, 1.54) is 6.07 Å². The van der Waals surface area contributed by atoms with Gasteiger partial charge in [-0.15, -0.1) is 0 Å². The highest BCUT2D eigenvalue weighted by Crippen LogP contribution is 2.18. The fraction of sp³-hybridized carbons (Fsp3) is 0.500. The maximum Gasteiger partial charge on any atom is 0.126 e. The number of hydrogen-bond donors (Lipinski definition) is 1. The lowest BCUT2D eigenvalue weighted by Gasteiger charge is -2.27. The number of hydrogen-bond acceptors (Lipinski definition) is 3. The van der Waals surface area contributed by atoms with E-state index < -0.39 is 11.6 Å². The predicted octanol–water partition coefficient (Wildman–Crippen LogP) is 1.97. The summed E-state index contributed by atoms with van der Waals surface area (Å²) in [5, 5.41) is 0. The van der Waals surface area contributed by atoms with E-state index in [2.05, 4.69) is 0 Å². The van der Waals surface area contributed by atoms with Crippen LogP contribution < -0.4 is 5.73 Å². The lowest BCUT2D eigenvalue weighted by molar-refractivity contribution is 0.0570. The topological polar surface area (TPSA) is 35.2 Å². The molecule has 1 heterocycles. The van der Waals surface area contributed by atoms with E-state index in [1.54, 1.807) is 11.8 Å². The molecule has 1 aliphatic heterocycles. The molecule has 0 spiro atoms. The summed E-state index contributed by atoms with van der Waals surface area (Å²) in [5.41, 5.74) is 6.29. The molecule has 0 bridgehead atoms. The third-order valence-electron chi connectivity index (χ3n) is 2.78. The fourth-order valence-electron chi connectivity index (χ4n) is 1.84. The summed E-state index contributed by atoms with van der Waals surface area (Å²) in [6.45, 7) is 0.675. The van der Waals surface area contributed by atoms with Gasteiger partial charge >= 0.3 is 0 Å². The largest absolute Gasteiger partial charge is 0.375 e. The van der Waals surface area contributed by atoms with Gasteiger partial charge in [-0.2, -0.15) is 11.8 Å². The molecule has 2 nitrogen and oxygen atoms in total. The highest BCUT2D eigenvalue weighted by atomic mass is 32.2. The monoisotopic (exact) mass is 259 g/mol. The normalized spacial score (nSPS) is 22.4. The molecule has 2 N–H and O–H groups in total. The number of benzene rings is 1. The van der Waals surface area contributed by atoms with E-state index >= 15 is 0 Å². The maximum absolute atomic E-state index is 13.4. The molecule has 1 aromatic carbocycles. The van der Waals surface area contributed by atoms with Crippen LogP contribution in [0.5, 0.6) is 0 Å². The summed E-state index contributed by atoms with van der Waals surface area (Å²) in [7, 11) is 0. The van der Waals surface area contributed by atoms with Gasteiger partial charge in [-0.05, 0) is 30.2 Å². The van der Waals surface area contributed by atoms with E-state index in [0.717, 1.165) is 23.6 Å². The second kappa shape index (κ2) is 5.80. The standard InChI is InChI=1S/C12H15F2NOS/c13-9-1-2-10(14)8(5-9)6-11(15)12-7-17-4-3-16-12/h1-2,5,11-12H,3-4,6-7,15H2. The number of halogens is 2. The smallest absolute Gasteiger partial charge is 0.126 e. The Morgan fingerprint density at radius 1 is 1.47 bits per heavy atom. The first kappa shape index (κ1) is 12.8. The molecular weight excluding hydrogens is 244 g/mol. The van der Waals surface area contributed by atoms with Crippen LogP contribution in [0, 0.1) is 11.6 Å². The van der Waals surface area contributed by atoms with Gasteiger partial charge in [0, 0.05) is 17.5 Å². The van der Waals surface area contributed by atoms with Crippen molar-refractivity contribution in [3.8, 4) is 0 Å².